The van der Waals surface area contributed by atoms with E-state index in [0.29, 0.717) is 25.1 Å². The van der Waals surface area contributed by atoms with Gasteiger partial charge in [-0.3, -0.25) is 9.52 Å². The van der Waals surface area contributed by atoms with Crippen LogP contribution in [0.15, 0.2) is 35.2 Å². The Morgan fingerprint density at radius 1 is 1.06 bits per heavy atom. The van der Waals surface area contributed by atoms with Crippen molar-refractivity contribution in [3.05, 3.63) is 41.5 Å². The van der Waals surface area contributed by atoms with Crippen LogP contribution < -0.4 is 19.1 Å². The SMILES string of the molecule is CCC(=O)N1CCc2cc(S(=O)(=O)Nc3cc(OC)c(OC)cc3C(=O)OC)ccc21. The summed E-state index contributed by atoms with van der Waals surface area (Å²) in [5.41, 5.74) is 1.45. The molecular formula is C21H24N2O7S. The van der Waals surface area contributed by atoms with Gasteiger partial charge in [0.2, 0.25) is 5.91 Å². The van der Waals surface area contributed by atoms with Crippen molar-refractivity contribution in [1.82, 2.24) is 0 Å². The van der Waals surface area contributed by atoms with Gasteiger partial charge in [0.05, 0.1) is 37.5 Å². The van der Waals surface area contributed by atoms with Gasteiger partial charge >= 0.3 is 5.97 Å². The number of ether oxygens (including phenoxy) is 3. The molecule has 31 heavy (non-hydrogen) atoms. The third-order valence-corrected chi connectivity index (χ3v) is 6.40. The van der Waals surface area contributed by atoms with Crippen LogP contribution in [0.1, 0.15) is 29.3 Å². The molecular weight excluding hydrogens is 424 g/mol. The minimum absolute atomic E-state index is 0.00668. The van der Waals surface area contributed by atoms with E-state index in [1.54, 1.807) is 24.0 Å². The molecule has 1 aliphatic rings. The molecule has 1 amide bonds. The van der Waals surface area contributed by atoms with Crippen molar-refractivity contribution < 1.29 is 32.2 Å². The molecule has 0 saturated heterocycles. The molecule has 0 unspecified atom stereocenters. The zero-order valence-electron chi connectivity index (χ0n) is 17.7. The predicted molar refractivity (Wildman–Crippen MR) is 114 cm³/mol. The Morgan fingerprint density at radius 2 is 1.74 bits per heavy atom. The van der Waals surface area contributed by atoms with Crippen LogP contribution in [-0.2, 0) is 26.0 Å². The van der Waals surface area contributed by atoms with Gasteiger partial charge in [-0.1, -0.05) is 6.92 Å². The fourth-order valence-corrected chi connectivity index (χ4v) is 4.56. The Labute approximate surface area is 181 Å². The highest BCUT2D eigenvalue weighted by Crippen LogP contribution is 2.36. The molecule has 1 aliphatic heterocycles. The molecule has 0 radical (unpaired) electrons. The lowest BCUT2D eigenvalue weighted by Crippen LogP contribution is -2.27. The number of rotatable bonds is 7. The van der Waals surface area contributed by atoms with Crippen molar-refractivity contribution in [3.63, 3.8) is 0 Å². The highest BCUT2D eigenvalue weighted by Gasteiger charge is 2.27. The average molecular weight is 448 g/mol. The molecule has 0 atom stereocenters. The second-order valence-corrected chi connectivity index (χ2v) is 8.47. The van der Waals surface area contributed by atoms with Crippen molar-refractivity contribution >= 4 is 33.3 Å². The van der Waals surface area contributed by atoms with Crippen molar-refractivity contribution in [2.45, 2.75) is 24.7 Å². The summed E-state index contributed by atoms with van der Waals surface area (Å²) in [5, 5.41) is 0. The van der Waals surface area contributed by atoms with Gasteiger partial charge in [-0.2, -0.15) is 0 Å². The highest BCUT2D eigenvalue weighted by atomic mass is 32.2. The van der Waals surface area contributed by atoms with Crippen LogP contribution in [0.3, 0.4) is 0 Å². The van der Waals surface area contributed by atoms with E-state index in [4.69, 9.17) is 14.2 Å². The normalized spacial score (nSPS) is 12.8. The first-order valence-electron chi connectivity index (χ1n) is 9.56. The summed E-state index contributed by atoms with van der Waals surface area (Å²) in [6.07, 6.45) is 0.935. The summed E-state index contributed by atoms with van der Waals surface area (Å²) < 4.78 is 43.8. The average Bonchev–Trinajstić information content (AvgIpc) is 3.20. The van der Waals surface area contributed by atoms with Crippen molar-refractivity contribution in [2.75, 3.05) is 37.5 Å². The maximum absolute atomic E-state index is 13.1. The quantitative estimate of drug-likeness (QED) is 0.648. The van der Waals surface area contributed by atoms with Crippen LogP contribution in [0.4, 0.5) is 11.4 Å². The number of carbonyl (C=O) groups excluding carboxylic acids is 2. The predicted octanol–water partition coefficient (Wildman–Crippen LogP) is 2.59. The number of sulfonamides is 1. The minimum Gasteiger partial charge on any atom is -0.493 e. The number of fused-ring (bicyclic) bond motifs is 1. The van der Waals surface area contributed by atoms with Crippen LogP contribution in [0, 0.1) is 0 Å². The van der Waals surface area contributed by atoms with Gasteiger partial charge in [0.25, 0.3) is 10.0 Å². The number of benzene rings is 2. The van der Waals surface area contributed by atoms with Crippen LogP contribution in [0.5, 0.6) is 11.5 Å². The standard InChI is InChI=1S/C21H24N2O7S/c1-5-20(24)23-9-8-13-10-14(6-7-17(13)23)31(26,27)22-16-12-19(29-3)18(28-2)11-15(16)21(25)30-4/h6-7,10-12,22H,5,8-9H2,1-4H3. The summed E-state index contributed by atoms with van der Waals surface area (Å²) in [7, 11) is -0.0457. The Morgan fingerprint density at radius 3 is 2.35 bits per heavy atom. The largest absolute Gasteiger partial charge is 0.493 e. The molecule has 10 heteroatoms. The molecule has 0 saturated carbocycles. The van der Waals surface area contributed by atoms with E-state index in [1.165, 1.54) is 39.5 Å². The van der Waals surface area contributed by atoms with E-state index >= 15 is 0 Å². The van der Waals surface area contributed by atoms with E-state index in [2.05, 4.69) is 4.72 Å². The molecule has 0 aliphatic carbocycles. The lowest BCUT2D eigenvalue weighted by molar-refractivity contribution is -0.118. The number of methoxy groups -OCH3 is 3. The van der Waals surface area contributed by atoms with E-state index in [-0.39, 0.29) is 33.6 Å². The Hall–Kier alpha value is -3.27. The van der Waals surface area contributed by atoms with E-state index < -0.39 is 16.0 Å². The van der Waals surface area contributed by atoms with Crippen LogP contribution in [-0.4, -0.2) is 48.2 Å². The number of anilines is 2. The smallest absolute Gasteiger partial charge is 0.340 e. The van der Waals surface area contributed by atoms with Crippen LogP contribution >= 0.6 is 0 Å². The summed E-state index contributed by atoms with van der Waals surface area (Å²) in [6, 6.07) is 7.30. The number of nitrogens with one attached hydrogen (secondary N) is 1. The molecule has 0 spiro atoms. The first-order valence-corrected chi connectivity index (χ1v) is 11.0. The molecule has 0 bridgehead atoms. The summed E-state index contributed by atoms with van der Waals surface area (Å²) in [4.78, 5) is 26.0. The molecule has 0 fully saturated rings. The van der Waals surface area contributed by atoms with E-state index in [0.717, 1.165) is 5.56 Å². The van der Waals surface area contributed by atoms with Gasteiger partial charge < -0.3 is 19.1 Å². The van der Waals surface area contributed by atoms with E-state index in [1.807, 2.05) is 0 Å². The van der Waals surface area contributed by atoms with Crippen LogP contribution in [0.2, 0.25) is 0 Å². The third-order valence-electron chi connectivity index (χ3n) is 5.03. The molecule has 166 valence electrons. The van der Waals surface area contributed by atoms with Crippen molar-refractivity contribution in [3.8, 4) is 11.5 Å². The van der Waals surface area contributed by atoms with Gasteiger partial charge in [0.1, 0.15) is 0 Å². The molecule has 2 aromatic rings. The monoisotopic (exact) mass is 448 g/mol. The lowest BCUT2D eigenvalue weighted by Gasteiger charge is -2.17. The van der Waals surface area contributed by atoms with Gasteiger partial charge in [-0.15, -0.1) is 0 Å². The van der Waals surface area contributed by atoms with Crippen LogP contribution in [0.25, 0.3) is 0 Å². The number of nitrogens with zero attached hydrogens (tertiary/aromatic N) is 1. The Balaban J connectivity index is 1.99. The van der Waals surface area contributed by atoms with Gasteiger partial charge in [-0.25, -0.2) is 13.2 Å². The topological polar surface area (TPSA) is 111 Å². The molecule has 0 aromatic heterocycles. The maximum atomic E-state index is 13.1. The van der Waals surface area contributed by atoms with Gasteiger partial charge in [0, 0.05) is 30.8 Å². The van der Waals surface area contributed by atoms with E-state index in [9.17, 15) is 18.0 Å². The van der Waals surface area contributed by atoms with Gasteiger partial charge in [0.15, 0.2) is 11.5 Å². The molecule has 2 aromatic carbocycles. The summed E-state index contributed by atoms with van der Waals surface area (Å²) >= 11 is 0. The molecule has 1 heterocycles. The first kappa shape index (κ1) is 22.4. The van der Waals surface area contributed by atoms with Crippen molar-refractivity contribution in [1.29, 1.82) is 0 Å². The minimum atomic E-state index is -4.04. The Kier molecular flexibility index (Phi) is 6.40. The molecule has 9 nitrogen and oxygen atoms in total. The second-order valence-electron chi connectivity index (χ2n) is 6.79. The summed E-state index contributed by atoms with van der Waals surface area (Å²) in [5.74, 6) is -0.249. The number of esters is 1. The number of hydrogen-bond donors (Lipinski definition) is 1. The zero-order chi connectivity index (χ0) is 22.8. The molecule has 3 rings (SSSR count). The third kappa shape index (κ3) is 4.29. The first-order chi connectivity index (χ1) is 14.7. The second kappa shape index (κ2) is 8.84. The summed E-state index contributed by atoms with van der Waals surface area (Å²) in [6.45, 7) is 2.30. The lowest BCUT2D eigenvalue weighted by atomic mass is 10.1. The number of hydrogen-bond acceptors (Lipinski definition) is 7. The fourth-order valence-electron chi connectivity index (χ4n) is 3.44. The fraction of sp³-hybridized carbons (Fsp3) is 0.333. The van der Waals surface area contributed by atoms with Crippen molar-refractivity contribution in [2.24, 2.45) is 0 Å². The number of carbonyl (C=O) groups is 2. The Bertz CT molecular complexity index is 1130. The number of amides is 1. The molecule has 1 N–H and O–H groups in total. The highest BCUT2D eigenvalue weighted by molar-refractivity contribution is 7.92. The van der Waals surface area contributed by atoms with Gasteiger partial charge in [-0.05, 0) is 30.2 Å². The zero-order valence-corrected chi connectivity index (χ0v) is 18.5. The maximum Gasteiger partial charge on any atom is 0.340 e.